The topological polar surface area (TPSA) is 79.5 Å². The van der Waals surface area contributed by atoms with Crippen molar-refractivity contribution in [2.75, 3.05) is 13.2 Å². The Labute approximate surface area is 141 Å². The molecule has 0 aliphatic rings. The van der Waals surface area contributed by atoms with Gasteiger partial charge in [-0.15, -0.1) is 0 Å². The summed E-state index contributed by atoms with van der Waals surface area (Å²) in [6.07, 6.45) is 5.84. The number of nitrogens with zero attached hydrogens (tertiary/aromatic N) is 3. The van der Waals surface area contributed by atoms with Gasteiger partial charge in [0.1, 0.15) is 5.56 Å². The van der Waals surface area contributed by atoms with E-state index in [-0.39, 0.29) is 19.1 Å². The van der Waals surface area contributed by atoms with Crippen LogP contribution in [0.25, 0.3) is 5.65 Å². The van der Waals surface area contributed by atoms with Crippen LogP contribution in [0.2, 0.25) is 0 Å². The first-order valence-corrected chi connectivity index (χ1v) is 7.92. The van der Waals surface area contributed by atoms with E-state index in [2.05, 4.69) is 31.3 Å². The molecule has 2 aromatic heterocycles. The summed E-state index contributed by atoms with van der Waals surface area (Å²) in [6.45, 7) is 0.105. The second-order valence-corrected chi connectivity index (χ2v) is 5.99. The fraction of sp³-hybridized carbons (Fsp3) is 0.188. The number of aliphatic hydroxyl groups excluding tert-OH is 1. The first-order chi connectivity index (χ1) is 11.2. The molecule has 7 heteroatoms. The lowest BCUT2D eigenvalue weighted by molar-refractivity contribution is 0.0946. The summed E-state index contributed by atoms with van der Waals surface area (Å²) in [5.74, 6) is -0.290. The van der Waals surface area contributed by atoms with Crippen LogP contribution in [0.15, 0.2) is 47.3 Å². The molecule has 0 saturated carbocycles. The highest BCUT2D eigenvalue weighted by Gasteiger charge is 2.13. The molecular formula is C16H15BrN4O2. The van der Waals surface area contributed by atoms with Crippen LogP contribution >= 0.6 is 15.9 Å². The minimum Gasteiger partial charge on any atom is -0.395 e. The van der Waals surface area contributed by atoms with Gasteiger partial charge in [0.2, 0.25) is 0 Å². The fourth-order valence-electron chi connectivity index (χ4n) is 2.27. The predicted molar refractivity (Wildman–Crippen MR) is 89.4 cm³/mol. The molecule has 23 heavy (non-hydrogen) atoms. The standard InChI is InChI=1S/C16H15BrN4O2/c17-13-3-1-11(2-4-13)7-12-8-19-15-14(9-20-21(15)10-12)16(23)18-5-6-22/h1-4,8-10,22H,5-7H2,(H,18,23). The van der Waals surface area contributed by atoms with E-state index in [9.17, 15) is 4.79 Å². The number of benzene rings is 1. The van der Waals surface area contributed by atoms with Crippen LogP contribution in [0, 0.1) is 0 Å². The van der Waals surface area contributed by atoms with Crippen molar-refractivity contribution >= 4 is 27.5 Å². The second-order valence-electron chi connectivity index (χ2n) is 5.07. The zero-order chi connectivity index (χ0) is 16.2. The Kier molecular flexibility index (Phi) is 4.68. The maximum Gasteiger partial charge on any atom is 0.256 e. The molecule has 0 bridgehead atoms. The molecule has 2 N–H and O–H groups in total. The molecule has 0 spiro atoms. The van der Waals surface area contributed by atoms with Crippen LogP contribution in [0.4, 0.5) is 0 Å². The molecular weight excluding hydrogens is 360 g/mol. The third-order valence-electron chi connectivity index (χ3n) is 3.37. The van der Waals surface area contributed by atoms with Crippen molar-refractivity contribution in [3.63, 3.8) is 0 Å². The first-order valence-electron chi connectivity index (χ1n) is 7.13. The van der Waals surface area contributed by atoms with Gasteiger partial charge in [-0.3, -0.25) is 4.79 Å². The highest BCUT2D eigenvalue weighted by molar-refractivity contribution is 9.10. The van der Waals surface area contributed by atoms with Crippen molar-refractivity contribution in [3.05, 3.63) is 64.0 Å². The number of rotatable bonds is 5. The summed E-state index contributed by atoms with van der Waals surface area (Å²) in [7, 11) is 0. The molecule has 0 fully saturated rings. The summed E-state index contributed by atoms with van der Waals surface area (Å²) in [4.78, 5) is 16.3. The lowest BCUT2D eigenvalue weighted by Gasteiger charge is -2.04. The van der Waals surface area contributed by atoms with Gasteiger partial charge in [0, 0.05) is 29.8 Å². The number of aromatic nitrogens is 3. The quantitative estimate of drug-likeness (QED) is 0.713. The summed E-state index contributed by atoms with van der Waals surface area (Å²) < 4.78 is 2.64. The number of nitrogens with one attached hydrogen (secondary N) is 1. The number of hydrogen-bond donors (Lipinski definition) is 2. The fourth-order valence-corrected chi connectivity index (χ4v) is 2.53. The lowest BCUT2D eigenvalue weighted by atomic mass is 10.1. The third kappa shape index (κ3) is 3.57. The number of carbonyl (C=O) groups excluding carboxylic acids is 1. The van der Waals surface area contributed by atoms with Gasteiger partial charge in [0.25, 0.3) is 5.91 Å². The van der Waals surface area contributed by atoms with Crippen LogP contribution in [0.3, 0.4) is 0 Å². The van der Waals surface area contributed by atoms with E-state index in [1.54, 1.807) is 10.7 Å². The van der Waals surface area contributed by atoms with Gasteiger partial charge in [0.05, 0.1) is 12.8 Å². The van der Waals surface area contributed by atoms with Gasteiger partial charge >= 0.3 is 0 Å². The number of carbonyl (C=O) groups is 1. The largest absolute Gasteiger partial charge is 0.395 e. The first kappa shape index (κ1) is 15.6. The Hall–Kier alpha value is -2.25. The SMILES string of the molecule is O=C(NCCO)c1cnn2cc(Cc3ccc(Br)cc3)cnc12. The Morgan fingerprint density at radius 3 is 2.74 bits per heavy atom. The van der Waals surface area contributed by atoms with Crippen molar-refractivity contribution in [2.24, 2.45) is 0 Å². The van der Waals surface area contributed by atoms with Crippen molar-refractivity contribution in [3.8, 4) is 0 Å². The number of aliphatic hydroxyl groups is 1. The van der Waals surface area contributed by atoms with Gasteiger partial charge in [-0.25, -0.2) is 9.50 Å². The Morgan fingerprint density at radius 2 is 2.00 bits per heavy atom. The summed E-state index contributed by atoms with van der Waals surface area (Å²) >= 11 is 3.42. The maximum absolute atomic E-state index is 12.0. The molecule has 2 heterocycles. The van der Waals surface area contributed by atoms with E-state index in [0.717, 1.165) is 16.5 Å². The molecule has 0 radical (unpaired) electrons. The summed E-state index contributed by atoms with van der Waals surface area (Å²) in [5.41, 5.74) is 3.07. The third-order valence-corrected chi connectivity index (χ3v) is 3.90. The normalized spacial score (nSPS) is 10.9. The molecule has 118 valence electrons. The van der Waals surface area contributed by atoms with Crippen LogP contribution in [-0.4, -0.2) is 38.8 Å². The molecule has 1 aromatic carbocycles. The van der Waals surface area contributed by atoms with E-state index in [4.69, 9.17) is 5.11 Å². The van der Waals surface area contributed by atoms with Crippen molar-refractivity contribution in [1.29, 1.82) is 0 Å². The van der Waals surface area contributed by atoms with E-state index in [1.165, 1.54) is 11.8 Å². The van der Waals surface area contributed by atoms with Gasteiger partial charge in [-0.05, 0) is 23.3 Å². The number of fused-ring (bicyclic) bond motifs is 1. The maximum atomic E-state index is 12.0. The summed E-state index contributed by atoms with van der Waals surface area (Å²) in [6, 6.07) is 8.09. The van der Waals surface area contributed by atoms with Crippen molar-refractivity contribution in [2.45, 2.75) is 6.42 Å². The molecule has 3 rings (SSSR count). The lowest BCUT2D eigenvalue weighted by Crippen LogP contribution is -2.26. The zero-order valence-electron chi connectivity index (χ0n) is 12.2. The Balaban J connectivity index is 1.83. The molecule has 1 amide bonds. The van der Waals surface area contributed by atoms with Gasteiger partial charge < -0.3 is 10.4 Å². The van der Waals surface area contributed by atoms with E-state index in [0.29, 0.717) is 11.2 Å². The summed E-state index contributed by atoms with van der Waals surface area (Å²) in [5, 5.41) is 15.6. The van der Waals surface area contributed by atoms with E-state index < -0.39 is 0 Å². The zero-order valence-corrected chi connectivity index (χ0v) is 13.8. The van der Waals surface area contributed by atoms with Crippen LogP contribution in [0.1, 0.15) is 21.5 Å². The molecule has 0 atom stereocenters. The number of halogens is 1. The molecule has 0 aliphatic carbocycles. The Morgan fingerprint density at radius 1 is 1.22 bits per heavy atom. The van der Waals surface area contributed by atoms with E-state index in [1.807, 2.05) is 30.5 Å². The minimum absolute atomic E-state index is 0.101. The molecule has 0 unspecified atom stereocenters. The van der Waals surface area contributed by atoms with E-state index >= 15 is 0 Å². The van der Waals surface area contributed by atoms with Gasteiger partial charge in [-0.1, -0.05) is 28.1 Å². The number of amides is 1. The van der Waals surface area contributed by atoms with Crippen LogP contribution in [0.5, 0.6) is 0 Å². The van der Waals surface area contributed by atoms with Crippen molar-refractivity contribution < 1.29 is 9.90 Å². The molecule has 0 aliphatic heterocycles. The van der Waals surface area contributed by atoms with Crippen LogP contribution in [-0.2, 0) is 6.42 Å². The molecule has 6 nitrogen and oxygen atoms in total. The van der Waals surface area contributed by atoms with Gasteiger partial charge in [-0.2, -0.15) is 5.10 Å². The monoisotopic (exact) mass is 374 g/mol. The predicted octanol–water partition coefficient (Wildman–Crippen LogP) is 1.80. The highest BCUT2D eigenvalue weighted by atomic mass is 79.9. The average Bonchev–Trinajstić information content (AvgIpc) is 2.98. The van der Waals surface area contributed by atoms with Crippen molar-refractivity contribution in [1.82, 2.24) is 19.9 Å². The minimum atomic E-state index is -0.290. The molecule has 0 saturated heterocycles. The van der Waals surface area contributed by atoms with Crippen LogP contribution < -0.4 is 5.32 Å². The Bertz CT molecular complexity index is 830. The highest BCUT2D eigenvalue weighted by Crippen LogP contribution is 2.15. The molecule has 3 aromatic rings. The second kappa shape index (κ2) is 6.89. The smallest absolute Gasteiger partial charge is 0.256 e. The number of hydrogen-bond acceptors (Lipinski definition) is 4. The van der Waals surface area contributed by atoms with Gasteiger partial charge in [0.15, 0.2) is 5.65 Å². The average molecular weight is 375 g/mol.